The van der Waals surface area contributed by atoms with Gasteiger partial charge in [-0.25, -0.2) is 4.98 Å². The summed E-state index contributed by atoms with van der Waals surface area (Å²) in [5, 5.41) is 1.04. The first-order valence-electron chi connectivity index (χ1n) is 7.69. The van der Waals surface area contributed by atoms with Gasteiger partial charge in [-0.3, -0.25) is 0 Å². The van der Waals surface area contributed by atoms with E-state index in [4.69, 9.17) is 4.98 Å². The van der Waals surface area contributed by atoms with Crippen LogP contribution in [0.3, 0.4) is 0 Å². The molecule has 0 saturated heterocycles. The Bertz CT molecular complexity index is 887. The normalized spacial score (nSPS) is 10.7. The van der Waals surface area contributed by atoms with Crippen molar-refractivity contribution < 1.29 is 0 Å². The molecular weight excluding hydrogens is 378 g/mol. The van der Waals surface area contributed by atoms with Crippen molar-refractivity contribution in [2.75, 3.05) is 0 Å². The summed E-state index contributed by atoms with van der Waals surface area (Å²) >= 11 is 5.23. The van der Waals surface area contributed by atoms with Gasteiger partial charge >= 0.3 is 0 Å². The van der Waals surface area contributed by atoms with Gasteiger partial charge in [0.15, 0.2) is 0 Å². The minimum absolute atomic E-state index is 1.04. The maximum atomic E-state index is 4.96. The molecule has 4 aromatic rings. The Morgan fingerprint density at radius 1 is 0.625 bits per heavy atom. The topological polar surface area (TPSA) is 12.9 Å². The Kier molecular flexibility index (Phi) is 4.28. The predicted molar refractivity (Wildman–Crippen MR) is 106 cm³/mol. The highest BCUT2D eigenvalue weighted by molar-refractivity contribution is 9.10. The number of benzene rings is 3. The maximum absolute atomic E-state index is 4.96. The van der Waals surface area contributed by atoms with Crippen LogP contribution >= 0.6 is 27.3 Å². The van der Waals surface area contributed by atoms with Crippen LogP contribution in [0.25, 0.3) is 32.3 Å². The van der Waals surface area contributed by atoms with Crippen LogP contribution in [0.5, 0.6) is 0 Å². The molecule has 4 rings (SSSR count). The smallest absolute Gasteiger partial charge is 0.124 e. The molecule has 0 aliphatic rings. The highest BCUT2D eigenvalue weighted by atomic mass is 79.9. The molecule has 116 valence electrons. The Morgan fingerprint density at radius 3 is 1.83 bits per heavy atom. The Balaban J connectivity index is 1.89. The van der Waals surface area contributed by atoms with Crippen molar-refractivity contribution in [1.82, 2.24) is 4.98 Å². The van der Waals surface area contributed by atoms with Crippen LogP contribution in [0.4, 0.5) is 0 Å². The standard InChI is InChI=1S/C21H14BrNS/c22-18-13-11-17(12-14-18)21-23-19(15-7-3-1-4-8-15)20(24-21)16-9-5-2-6-10-16/h1-14H. The molecule has 1 nitrogen and oxygen atoms in total. The van der Waals surface area contributed by atoms with E-state index in [2.05, 4.69) is 88.7 Å². The average Bonchev–Trinajstić information content (AvgIpc) is 3.09. The molecule has 3 heteroatoms. The molecule has 1 heterocycles. The van der Waals surface area contributed by atoms with Crippen LogP contribution in [-0.2, 0) is 0 Å². The molecule has 1 aromatic heterocycles. The zero-order valence-electron chi connectivity index (χ0n) is 12.8. The molecular formula is C21H14BrNS. The minimum atomic E-state index is 1.04. The SMILES string of the molecule is Brc1ccc(-c2nc(-c3ccccc3)c(-c3ccccc3)s2)cc1. The summed E-state index contributed by atoms with van der Waals surface area (Å²) in [6.45, 7) is 0. The Morgan fingerprint density at radius 2 is 1.21 bits per heavy atom. The molecule has 24 heavy (non-hydrogen) atoms. The quantitative estimate of drug-likeness (QED) is 0.369. The number of hydrogen-bond donors (Lipinski definition) is 0. The molecule has 0 spiro atoms. The third-order valence-corrected chi connectivity index (χ3v) is 5.48. The van der Waals surface area contributed by atoms with E-state index < -0.39 is 0 Å². The molecule has 0 saturated carbocycles. The molecule has 0 bridgehead atoms. The van der Waals surface area contributed by atoms with Gasteiger partial charge in [0.25, 0.3) is 0 Å². The van der Waals surface area contributed by atoms with Crippen LogP contribution < -0.4 is 0 Å². The first kappa shape index (κ1) is 15.3. The van der Waals surface area contributed by atoms with Gasteiger partial charge in [-0.1, -0.05) is 88.7 Å². The minimum Gasteiger partial charge on any atom is -0.235 e. The van der Waals surface area contributed by atoms with Crippen LogP contribution in [-0.4, -0.2) is 4.98 Å². The molecule has 0 fully saturated rings. The summed E-state index contributed by atoms with van der Waals surface area (Å²) in [4.78, 5) is 6.17. The summed E-state index contributed by atoms with van der Waals surface area (Å²) in [5.74, 6) is 0. The van der Waals surface area contributed by atoms with Gasteiger partial charge in [-0.2, -0.15) is 0 Å². The molecule has 3 aromatic carbocycles. The largest absolute Gasteiger partial charge is 0.235 e. The van der Waals surface area contributed by atoms with Gasteiger partial charge < -0.3 is 0 Å². The molecule has 0 radical (unpaired) electrons. The lowest BCUT2D eigenvalue weighted by molar-refractivity contribution is 1.40. The Hall–Kier alpha value is -2.23. The number of hydrogen-bond acceptors (Lipinski definition) is 2. The van der Waals surface area contributed by atoms with E-state index >= 15 is 0 Å². The monoisotopic (exact) mass is 391 g/mol. The van der Waals surface area contributed by atoms with E-state index in [1.165, 1.54) is 10.4 Å². The van der Waals surface area contributed by atoms with Gasteiger partial charge in [0.2, 0.25) is 0 Å². The van der Waals surface area contributed by atoms with Gasteiger partial charge in [-0.15, -0.1) is 11.3 Å². The van der Waals surface area contributed by atoms with Gasteiger partial charge in [-0.05, 0) is 17.7 Å². The van der Waals surface area contributed by atoms with E-state index in [9.17, 15) is 0 Å². The lowest BCUT2D eigenvalue weighted by Gasteiger charge is -2.02. The molecule has 0 unspecified atom stereocenters. The first-order chi connectivity index (χ1) is 11.8. The second-order valence-corrected chi connectivity index (χ2v) is 7.35. The molecule has 0 aliphatic heterocycles. The zero-order valence-corrected chi connectivity index (χ0v) is 15.2. The van der Waals surface area contributed by atoms with Crippen molar-refractivity contribution in [3.8, 4) is 32.3 Å². The second-order valence-electron chi connectivity index (χ2n) is 5.44. The van der Waals surface area contributed by atoms with Crippen LogP contribution in [0, 0.1) is 0 Å². The lowest BCUT2D eigenvalue weighted by Crippen LogP contribution is -1.82. The number of aromatic nitrogens is 1. The second kappa shape index (κ2) is 6.71. The summed E-state index contributed by atoms with van der Waals surface area (Å²) in [7, 11) is 0. The van der Waals surface area contributed by atoms with Crippen molar-refractivity contribution in [3.63, 3.8) is 0 Å². The third-order valence-electron chi connectivity index (χ3n) is 3.80. The third kappa shape index (κ3) is 3.05. The lowest BCUT2D eigenvalue weighted by atomic mass is 10.1. The molecule has 0 atom stereocenters. The maximum Gasteiger partial charge on any atom is 0.124 e. The predicted octanol–water partition coefficient (Wildman–Crippen LogP) is 6.91. The van der Waals surface area contributed by atoms with Gasteiger partial charge in [0, 0.05) is 15.6 Å². The van der Waals surface area contributed by atoms with E-state index in [1.54, 1.807) is 11.3 Å². The van der Waals surface area contributed by atoms with Crippen molar-refractivity contribution >= 4 is 27.3 Å². The van der Waals surface area contributed by atoms with E-state index in [-0.39, 0.29) is 0 Å². The fourth-order valence-corrected chi connectivity index (χ4v) is 3.98. The fourth-order valence-electron chi connectivity index (χ4n) is 2.61. The number of thiazole rings is 1. The van der Waals surface area contributed by atoms with Crippen LogP contribution in [0.2, 0.25) is 0 Å². The van der Waals surface area contributed by atoms with Gasteiger partial charge in [0.1, 0.15) is 5.01 Å². The zero-order chi connectivity index (χ0) is 16.4. The van der Waals surface area contributed by atoms with Crippen LogP contribution in [0.1, 0.15) is 0 Å². The number of halogens is 1. The highest BCUT2D eigenvalue weighted by Crippen LogP contribution is 2.40. The van der Waals surface area contributed by atoms with Crippen molar-refractivity contribution in [2.24, 2.45) is 0 Å². The summed E-state index contributed by atoms with van der Waals surface area (Å²) in [6.07, 6.45) is 0. The van der Waals surface area contributed by atoms with Crippen molar-refractivity contribution in [1.29, 1.82) is 0 Å². The highest BCUT2D eigenvalue weighted by Gasteiger charge is 2.15. The molecule has 0 aliphatic carbocycles. The van der Waals surface area contributed by atoms with Gasteiger partial charge in [0.05, 0.1) is 10.6 Å². The fraction of sp³-hybridized carbons (Fsp3) is 0. The van der Waals surface area contributed by atoms with Crippen molar-refractivity contribution in [3.05, 3.63) is 89.4 Å². The Labute approximate surface area is 153 Å². The average molecular weight is 392 g/mol. The number of nitrogens with zero attached hydrogens (tertiary/aromatic N) is 1. The van der Waals surface area contributed by atoms with Crippen molar-refractivity contribution in [2.45, 2.75) is 0 Å². The molecule has 0 amide bonds. The first-order valence-corrected chi connectivity index (χ1v) is 9.30. The summed E-state index contributed by atoms with van der Waals surface area (Å²) in [6, 6.07) is 29.2. The summed E-state index contributed by atoms with van der Waals surface area (Å²) < 4.78 is 1.08. The summed E-state index contributed by atoms with van der Waals surface area (Å²) in [5.41, 5.74) is 4.54. The van der Waals surface area contributed by atoms with E-state index in [0.717, 1.165) is 26.3 Å². The van der Waals surface area contributed by atoms with E-state index in [0.29, 0.717) is 0 Å². The van der Waals surface area contributed by atoms with E-state index in [1.807, 2.05) is 12.1 Å². The van der Waals surface area contributed by atoms with Crippen LogP contribution in [0.15, 0.2) is 89.4 Å². The molecule has 0 N–H and O–H groups in total. The number of rotatable bonds is 3.